The van der Waals surface area contributed by atoms with E-state index in [9.17, 15) is 4.79 Å². The maximum atomic E-state index is 12.1. The van der Waals surface area contributed by atoms with Gasteiger partial charge in [0.05, 0.1) is 6.42 Å². The summed E-state index contributed by atoms with van der Waals surface area (Å²) in [6.45, 7) is 2.66. The minimum atomic E-state index is 0.126. The van der Waals surface area contributed by atoms with Gasteiger partial charge in [-0.15, -0.1) is 0 Å². The molecule has 2 rings (SSSR count). The highest BCUT2D eigenvalue weighted by Crippen LogP contribution is 2.07. The molecule has 2 aromatic rings. The molecule has 0 radical (unpaired) electrons. The van der Waals surface area contributed by atoms with Gasteiger partial charge in [0.2, 0.25) is 5.91 Å². The van der Waals surface area contributed by atoms with Crippen LogP contribution in [0.1, 0.15) is 16.7 Å². The second-order valence-electron chi connectivity index (χ2n) is 4.77. The van der Waals surface area contributed by atoms with Gasteiger partial charge in [0.1, 0.15) is 0 Å². The summed E-state index contributed by atoms with van der Waals surface area (Å²) < 4.78 is 0. The molecular formula is C16H18N2O. The average Bonchev–Trinajstić information content (AvgIpc) is 2.42. The fourth-order valence-electron chi connectivity index (χ4n) is 1.87. The van der Waals surface area contributed by atoms with Crippen molar-refractivity contribution in [1.82, 2.24) is 9.88 Å². The van der Waals surface area contributed by atoms with Crippen LogP contribution in [0.5, 0.6) is 0 Å². The Hall–Kier alpha value is -2.16. The summed E-state index contributed by atoms with van der Waals surface area (Å²) in [6.07, 6.45) is 3.93. The van der Waals surface area contributed by atoms with E-state index < -0.39 is 0 Å². The molecule has 0 N–H and O–H groups in total. The lowest BCUT2D eigenvalue weighted by Crippen LogP contribution is -2.27. The Morgan fingerprint density at radius 1 is 1.05 bits per heavy atom. The summed E-state index contributed by atoms with van der Waals surface area (Å²) >= 11 is 0. The number of hydrogen-bond acceptors (Lipinski definition) is 2. The maximum Gasteiger partial charge on any atom is 0.227 e. The van der Waals surface area contributed by atoms with Gasteiger partial charge in [-0.05, 0) is 30.2 Å². The minimum Gasteiger partial charge on any atom is -0.341 e. The average molecular weight is 254 g/mol. The molecule has 0 aliphatic rings. The number of benzene rings is 1. The number of carbonyl (C=O) groups excluding carboxylic acids is 1. The Morgan fingerprint density at radius 2 is 1.68 bits per heavy atom. The zero-order valence-corrected chi connectivity index (χ0v) is 11.3. The van der Waals surface area contributed by atoms with Gasteiger partial charge in [-0.1, -0.05) is 29.8 Å². The fourth-order valence-corrected chi connectivity index (χ4v) is 1.87. The number of amides is 1. The lowest BCUT2D eigenvalue weighted by atomic mass is 10.1. The van der Waals surface area contributed by atoms with E-state index in [-0.39, 0.29) is 5.91 Å². The van der Waals surface area contributed by atoms with Crippen LogP contribution >= 0.6 is 0 Å². The van der Waals surface area contributed by atoms with E-state index in [4.69, 9.17) is 0 Å². The number of aromatic nitrogens is 1. The molecule has 1 heterocycles. The Labute approximate surface area is 113 Å². The van der Waals surface area contributed by atoms with Crippen molar-refractivity contribution in [2.45, 2.75) is 19.9 Å². The number of hydrogen-bond donors (Lipinski definition) is 0. The lowest BCUT2D eigenvalue weighted by Gasteiger charge is -2.17. The number of aryl methyl sites for hydroxylation is 1. The number of likely N-dealkylation sites (N-methyl/N-ethyl adjacent to an activating group) is 1. The molecule has 98 valence electrons. The first kappa shape index (κ1) is 13.3. The van der Waals surface area contributed by atoms with Crippen LogP contribution in [-0.2, 0) is 17.8 Å². The molecule has 0 bridgehead atoms. The quantitative estimate of drug-likeness (QED) is 0.840. The van der Waals surface area contributed by atoms with E-state index in [0.717, 1.165) is 11.1 Å². The van der Waals surface area contributed by atoms with E-state index in [1.54, 1.807) is 17.3 Å². The summed E-state index contributed by atoms with van der Waals surface area (Å²) in [5.41, 5.74) is 3.35. The SMILES string of the molecule is Cc1ccc(CC(=O)N(C)Cc2ccncc2)cc1. The Morgan fingerprint density at radius 3 is 2.32 bits per heavy atom. The monoisotopic (exact) mass is 254 g/mol. The highest BCUT2D eigenvalue weighted by molar-refractivity contribution is 5.78. The molecule has 1 aromatic heterocycles. The van der Waals surface area contributed by atoms with E-state index in [2.05, 4.69) is 4.98 Å². The largest absolute Gasteiger partial charge is 0.341 e. The van der Waals surface area contributed by atoms with Gasteiger partial charge in [-0.3, -0.25) is 9.78 Å². The van der Waals surface area contributed by atoms with Crippen LogP contribution in [0.15, 0.2) is 48.8 Å². The van der Waals surface area contributed by atoms with E-state index in [1.807, 2.05) is 50.4 Å². The van der Waals surface area contributed by atoms with Crippen molar-refractivity contribution in [3.63, 3.8) is 0 Å². The number of carbonyl (C=O) groups is 1. The van der Waals surface area contributed by atoms with Gasteiger partial charge < -0.3 is 4.90 Å². The van der Waals surface area contributed by atoms with Crippen molar-refractivity contribution in [2.75, 3.05) is 7.05 Å². The van der Waals surface area contributed by atoms with Crippen LogP contribution in [-0.4, -0.2) is 22.8 Å². The first-order valence-corrected chi connectivity index (χ1v) is 6.33. The standard InChI is InChI=1S/C16H18N2O/c1-13-3-5-14(6-4-13)11-16(19)18(2)12-15-7-9-17-10-8-15/h3-10H,11-12H2,1-2H3. The van der Waals surface area contributed by atoms with Crippen molar-refractivity contribution in [2.24, 2.45) is 0 Å². The molecular weight excluding hydrogens is 236 g/mol. The zero-order valence-electron chi connectivity index (χ0n) is 11.3. The molecule has 1 aromatic carbocycles. The van der Waals surface area contributed by atoms with Gasteiger partial charge in [-0.25, -0.2) is 0 Å². The molecule has 0 unspecified atom stereocenters. The highest BCUT2D eigenvalue weighted by atomic mass is 16.2. The van der Waals surface area contributed by atoms with Crippen molar-refractivity contribution in [3.05, 3.63) is 65.5 Å². The molecule has 0 saturated heterocycles. The Bertz CT molecular complexity index is 534. The predicted molar refractivity (Wildman–Crippen MR) is 75.6 cm³/mol. The van der Waals surface area contributed by atoms with Gasteiger partial charge in [0.25, 0.3) is 0 Å². The van der Waals surface area contributed by atoms with Gasteiger partial charge in [-0.2, -0.15) is 0 Å². The smallest absolute Gasteiger partial charge is 0.227 e. The normalized spacial score (nSPS) is 10.2. The summed E-state index contributed by atoms with van der Waals surface area (Å²) in [7, 11) is 1.83. The summed E-state index contributed by atoms with van der Waals surface area (Å²) in [5.74, 6) is 0.126. The van der Waals surface area contributed by atoms with Gasteiger partial charge in [0.15, 0.2) is 0 Å². The van der Waals surface area contributed by atoms with Crippen LogP contribution in [0, 0.1) is 6.92 Å². The van der Waals surface area contributed by atoms with Gasteiger partial charge >= 0.3 is 0 Å². The number of rotatable bonds is 4. The Kier molecular flexibility index (Phi) is 4.29. The molecule has 3 nitrogen and oxygen atoms in total. The van der Waals surface area contributed by atoms with Crippen LogP contribution in [0.2, 0.25) is 0 Å². The summed E-state index contributed by atoms with van der Waals surface area (Å²) in [4.78, 5) is 17.8. The second-order valence-corrected chi connectivity index (χ2v) is 4.77. The third-order valence-corrected chi connectivity index (χ3v) is 3.07. The number of pyridine rings is 1. The highest BCUT2D eigenvalue weighted by Gasteiger charge is 2.09. The van der Waals surface area contributed by atoms with Crippen LogP contribution in [0.25, 0.3) is 0 Å². The zero-order chi connectivity index (χ0) is 13.7. The Balaban J connectivity index is 1.94. The fraction of sp³-hybridized carbons (Fsp3) is 0.250. The molecule has 19 heavy (non-hydrogen) atoms. The molecule has 3 heteroatoms. The molecule has 0 aliphatic carbocycles. The molecule has 0 atom stereocenters. The van der Waals surface area contributed by atoms with Crippen molar-refractivity contribution in [3.8, 4) is 0 Å². The molecule has 1 amide bonds. The third kappa shape index (κ3) is 3.91. The summed E-state index contributed by atoms with van der Waals surface area (Å²) in [5, 5.41) is 0. The van der Waals surface area contributed by atoms with E-state index in [0.29, 0.717) is 13.0 Å². The van der Waals surface area contributed by atoms with E-state index in [1.165, 1.54) is 5.56 Å². The van der Waals surface area contributed by atoms with Crippen LogP contribution in [0.4, 0.5) is 0 Å². The molecule has 0 fully saturated rings. The summed E-state index contributed by atoms with van der Waals surface area (Å²) in [6, 6.07) is 11.9. The lowest BCUT2D eigenvalue weighted by molar-refractivity contribution is -0.129. The van der Waals surface area contributed by atoms with Crippen molar-refractivity contribution in [1.29, 1.82) is 0 Å². The van der Waals surface area contributed by atoms with Crippen molar-refractivity contribution >= 4 is 5.91 Å². The predicted octanol–water partition coefficient (Wildman–Crippen LogP) is 2.59. The third-order valence-electron chi connectivity index (χ3n) is 3.07. The molecule has 0 aliphatic heterocycles. The first-order chi connectivity index (χ1) is 9.15. The van der Waals surface area contributed by atoms with Gasteiger partial charge in [0, 0.05) is 26.0 Å². The molecule has 0 spiro atoms. The van der Waals surface area contributed by atoms with Crippen LogP contribution in [0.3, 0.4) is 0 Å². The number of nitrogens with zero attached hydrogens (tertiary/aromatic N) is 2. The molecule has 0 saturated carbocycles. The first-order valence-electron chi connectivity index (χ1n) is 6.33. The van der Waals surface area contributed by atoms with E-state index >= 15 is 0 Å². The minimum absolute atomic E-state index is 0.126. The second kappa shape index (κ2) is 6.14. The topological polar surface area (TPSA) is 33.2 Å². The van der Waals surface area contributed by atoms with Crippen LogP contribution < -0.4 is 0 Å². The van der Waals surface area contributed by atoms with Crippen molar-refractivity contribution < 1.29 is 4.79 Å². The maximum absolute atomic E-state index is 12.1.